The second-order valence-corrected chi connectivity index (χ2v) is 10.1. The number of carbonyl (C=O) groups is 1. The molecule has 0 saturated heterocycles. The zero-order chi connectivity index (χ0) is 25.1. The number of aryl methyl sites for hydroxylation is 1. The number of carbonyl (C=O) groups excluding carboxylic acids is 1. The summed E-state index contributed by atoms with van der Waals surface area (Å²) in [5.41, 5.74) is 7.71. The van der Waals surface area contributed by atoms with Gasteiger partial charge in [0.2, 0.25) is 0 Å². The van der Waals surface area contributed by atoms with Gasteiger partial charge in [0.05, 0.1) is 10.7 Å². The Hall–Kier alpha value is -3.49. The molecule has 180 valence electrons. The first-order valence-corrected chi connectivity index (χ1v) is 12.9. The number of rotatable bonds is 7. The predicted octanol–water partition coefficient (Wildman–Crippen LogP) is 6.60. The first-order valence-electron chi connectivity index (χ1n) is 11.3. The summed E-state index contributed by atoms with van der Waals surface area (Å²) in [6.07, 6.45) is 5.41. The van der Waals surface area contributed by atoms with Gasteiger partial charge in [0.25, 0.3) is 5.91 Å². The lowest BCUT2D eigenvalue weighted by molar-refractivity contribution is -0.123. The molecule has 0 fully saturated rings. The Kier molecular flexibility index (Phi) is 7.16. The number of halogens is 2. The van der Waals surface area contributed by atoms with Crippen LogP contribution in [-0.2, 0) is 11.3 Å². The number of pyridine rings is 1. The molecule has 36 heavy (non-hydrogen) atoms. The molecule has 0 saturated carbocycles. The summed E-state index contributed by atoms with van der Waals surface area (Å²) in [7, 11) is 0. The van der Waals surface area contributed by atoms with E-state index in [1.54, 1.807) is 12.4 Å². The lowest BCUT2D eigenvalue weighted by Crippen LogP contribution is -2.24. The molecule has 0 atom stereocenters. The van der Waals surface area contributed by atoms with E-state index in [0.29, 0.717) is 15.7 Å². The molecule has 1 amide bonds. The molecule has 2 heterocycles. The van der Waals surface area contributed by atoms with Crippen LogP contribution in [0.1, 0.15) is 16.7 Å². The van der Waals surface area contributed by atoms with Crippen LogP contribution in [-0.4, -0.2) is 28.3 Å². The van der Waals surface area contributed by atoms with Crippen LogP contribution in [0.3, 0.4) is 0 Å². The molecule has 0 aliphatic heterocycles. The number of amides is 1. The quantitative estimate of drug-likeness (QED) is 0.168. The average Bonchev–Trinajstić information content (AvgIpc) is 3.21. The Morgan fingerprint density at radius 3 is 2.75 bits per heavy atom. The Morgan fingerprint density at radius 1 is 1.06 bits per heavy atom. The zero-order valence-electron chi connectivity index (χ0n) is 19.4. The fourth-order valence-electron chi connectivity index (χ4n) is 4.14. The SMILES string of the molecule is Cc1cccc(Cn2cc(/C=N/NC(=O)COc3c(Br)cc(Br)c4cccnc34)c3ccccc32)c1. The maximum absolute atomic E-state index is 12.5. The van der Waals surface area contributed by atoms with E-state index in [0.717, 1.165) is 32.9 Å². The Balaban J connectivity index is 1.29. The van der Waals surface area contributed by atoms with Gasteiger partial charge in [-0.2, -0.15) is 5.10 Å². The Morgan fingerprint density at radius 2 is 1.89 bits per heavy atom. The van der Waals surface area contributed by atoms with Gasteiger partial charge < -0.3 is 9.30 Å². The van der Waals surface area contributed by atoms with Crippen LogP contribution in [0.5, 0.6) is 5.75 Å². The van der Waals surface area contributed by atoms with Gasteiger partial charge in [0.15, 0.2) is 12.4 Å². The van der Waals surface area contributed by atoms with E-state index in [2.05, 4.69) is 101 Å². The average molecular weight is 606 g/mol. The summed E-state index contributed by atoms with van der Waals surface area (Å²) in [4.78, 5) is 16.9. The molecule has 3 aromatic carbocycles. The van der Waals surface area contributed by atoms with Crippen molar-refractivity contribution < 1.29 is 9.53 Å². The van der Waals surface area contributed by atoms with Gasteiger partial charge in [-0.25, -0.2) is 5.43 Å². The second kappa shape index (κ2) is 10.6. The lowest BCUT2D eigenvalue weighted by atomic mass is 10.1. The topological polar surface area (TPSA) is 68.5 Å². The van der Waals surface area contributed by atoms with Crippen LogP contribution in [0.15, 0.2) is 93.2 Å². The van der Waals surface area contributed by atoms with Crippen molar-refractivity contribution in [3.63, 3.8) is 0 Å². The maximum atomic E-state index is 12.5. The highest BCUT2D eigenvalue weighted by Gasteiger charge is 2.13. The smallest absolute Gasteiger partial charge is 0.277 e. The summed E-state index contributed by atoms with van der Waals surface area (Å²) < 4.78 is 9.59. The van der Waals surface area contributed by atoms with E-state index in [4.69, 9.17) is 4.74 Å². The molecule has 0 aliphatic rings. The van der Waals surface area contributed by atoms with E-state index in [-0.39, 0.29) is 12.5 Å². The van der Waals surface area contributed by atoms with Gasteiger partial charge in [-0.15, -0.1) is 0 Å². The van der Waals surface area contributed by atoms with Gasteiger partial charge in [-0.3, -0.25) is 9.78 Å². The van der Waals surface area contributed by atoms with E-state index in [1.165, 1.54) is 11.1 Å². The van der Waals surface area contributed by atoms with Crippen molar-refractivity contribution in [1.82, 2.24) is 15.0 Å². The molecule has 2 aromatic heterocycles. The number of benzene rings is 3. The number of ether oxygens (including phenoxy) is 1. The Labute approximate surface area is 225 Å². The first-order chi connectivity index (χ1) is 17.5. The minimum absolute atomic E-state index is 0.196. The third-order valence-electron chi connectivity index (χ3n) is 5.75. The summed E-state index contributed by atoms with van der Waals surface area (Å²) in [6, 6.07) is 22.3. The summed E-state index contributed by atoms with van der Waals surface area (Å²) in [5, 5.41) is 6.15. The zero-order valence-corrected chi connectivity index (χ0v) is 22.6. The predicted molar refractivity (Wildman–Crippen MR) is 151 cm³/mol. The molecule has 0 aliphatic carbocycles. The highest BCUT2D eigenvalue weighted by Crippen LogP contribution is 2.37. The van der Waals surface area contributed by atoms with Crippen molar-refractivity contribution >= 4 is 65.8 Å². The Bertz CT molecular complexity index is 1610. The van der Waals surface area contributed by atoms with Gasteiger partial charge in [-0.1, -0.05) is 70.0 Å². The summed E-state index contributed by atoms with van der Waals surface area (Å²) in [5.74, 6) is 0.140. The number of fused-ring (bicyclic) bond motifs is 2. The first kappa shape index (κ1) is 24.2. The number of aromatic nitrogens is 2. The molecule has 0 radical (unpaired) electrons. The summed E-state index contributed by atoms with van der Waals surface area (Å²) in [6.45, 7) is 2.65. The van der Waals surface area contributed by atoms with Crippen LogP contribution >= 0.6 is 31.9 Å². The second-order valence-electron chi connectivity index (χ2n) is 8.37. The third-order valence-corrected chi connectivity index (χ3v) is 6.99. The number of nitrogens with zero attached hydrogens (tertiary/aromatic N) is 3. The number of para-hydroxylation sites is 1. The van der Waals surface area contributed by atoms with Gasteiger partial charge in [-0.05, 0) is 46.6 Å². The molecule has 0 spiro atoms. The highest BCUT2D eigenvalue weighted by molar-refractivity contribution is 9.11. The minimum Gasteiger partial charge on any atom is -0.480 e. The van der Waals surface area contributed by atoms with Gasteiger partial charge in [0, 0.05) is 45.3 Å². The van der Waals surface area contributed by atoms with Crippen molar-refractivity contribution in [2.24, 2.45) is 5.10 Å². The monoisotopic (exact) mass is 604 g/mol. The number of nitrogens with one attached hydrogen (secondary N) is 1. The molecule has 0 unspecified atom stereocenters. The summed E-state index contributed by atoms with van der Waals surface area (Å²) >= 11 is 7.03. The highest BCUT2D eigenvalue weighted by atomic mass is 79.9. The van der Waals surface area contributed by atoms with Gasteiger partial charge in [0.1, 0.15) is 5.52 Å². The van der Waals surface area contributed by atoms with Crippen molar-refractivity contribution in [3.05, 3.63) is 105 Å². The molecular formula is C28H22Br2N4O2. The van der Waals surface area contributed by atoms with Crippen molar-refractivity contribution in [1.29, 1.82) is 0 Å². The molecule has 6 nitrogen and oxygen atoms in total. The van der Waals surface area contributed by atoms with E-state index >= 15 is 0 Å². The fraction of sp³-hybridized carbons (Fsp3) is 0.107. The lowest BCUT2D eigenvalue weighted by Gasteiger charge is -2.11. The van der Waals surface area contributed by atoms with Crippen LogP contribution in [0.2, 0.25) is 0 Å². The minimum atomic E-state index is -0.367. The molecule has 0 bridgehead atoms. The van der Waals surface area contributed by atoms with Gasteiger partial charge >= 0.3 is 0 Å². The van der Waals surface area contributed by atoms with Crippen molar-refractivity contribution in [2.75, 3.05) is 6.61 Å². The molecule has 1 N–H and O–H groups in total. The van der Waals surface area contributed by atoms with Crippen LogP contribution in [0.4, 0.5) is 0 Å². The number of hydrogen-bond acceptors (Lipinski definition) is 4. The number of hydrazone groups is 1. The van der Waals surface area contributed by atoms with E-state index in [9.17, 15) is 4.79 Å². The van der Waals surface area contributed by atoms with Crippen molar-refractivity contribution in [3.8, 4) is 5.75 Å². The number of hydrogen-bond donors (Lipinski definition) is 1. The van der Waals surface area contributed by atoms with Crippen LogP contribution < -0.4 is 10.2 Å². The maximum Gasteiger partial charge on any atom is 0.277 e. The molecular weight excluding hydrogens is 584 g/mol. The van der Waals surface area contributed by atoms with Crippen molar-refractivity contribution in [2.45, 2.75) is 13.5 Å². The normalized spacial score (nSPS) is 11.4. The molecule has 5 rings (SSSR count). The van der Waals surface area contributed by atoms with E-state index < -0.39 is 0 Å². The molecule has 5 aromatic rings. The van der Waals surface area contributed by atoms with E-state index in [1.807, 2.05) is 30.3 Å². The fourth-order valence-corrected chi connectivity index (χ4v) is 5.53. The van der Waals surface area contributed by atoms with Crippen LogP contribution in [0, 0.1) is 6.92 Å². The third kappa shape index (κ3) is 5.20. The standard InChI is InChI=1S/C28H22Br2N4O2/c1-18-6-4-7-19(12-18)15-34-16-20(21-8-2-3-10-25(21)34)14-32-33-26(35)17-36-28-24(30)13-23(29)22-9-5-11-31-27(22)28/h2-14,16H,15,17H2,1H3,(H,33,35)/b32-14+. The van der Waals surface area contributed by atoms with Crippen LogP contribution in [0.25, 0.3) is 21.8 Å². The molecule has 8 heteroatoms. The largest absolute Gasteiger partial charge is 0.480 e.